The van der Waals surface area contributed by atoms with Crippen molar-refractivity contribution in [1.29, 1.82) is 0 Å². The van der Waals surface area contributed by atoms with E-state index in [1.165, 1.54) is 5.56 Å². The van der Waals surface area contributed by atoms with E-state index < -0.39 is 0 Å². The Morgan fingerprint density at radius 2 is 1.94 bits per heavy atom. The van der Waals surface area contributed by atoms with Gasteiger partial charge in [0.05, 0.1) is 6.10 Å². The van der Waals surface area contributed by atoms with Crippen molar-refractivity contribution in [2.75, 3.05) is 6.61 Å². The molecule has 0 fully saturated rings. The molecule has 0 radical (unpaired) electrons. The second kappa shape index (κ2) is 5.54. The lowest BCUT2D eigenvalue weighted by Gasteiger charge is -2.10. The molecule has 0 atom stereocenters. The number of ether oxygens (including phenoxy) is 2. The number of carbonyl (C=O) groups is 1. The van der Waals surface area contributed by atoms with Gasteiger partial charge in [0, 0.05) is 0 Å². The summed E-state index contributed by atoms with van der Waals surface area (Å²) in [5.41, 5.74) is 2.35. The van der Waals surface area contributed by atoms with Crippen LogP contribution in [0.4, 0.5) is 0 Å². The maximum absolute atomic E-state index is 11.2. The number of hydrogen-bond acceptors (Lipinski definition) is 3. The molecule has 0 aromatic heterocycles. The Morgan fingerprint density at radius 1 is 1.25 bits per heavy atom. The van der Waals surface area contributed by atoms with Crippen molar-refractivity contribution >= 4 is 5.97 Å². The fourth-order valence-corrected chi connectivity index (χ4v) is 1.24. The molecule has 16 heavy (non-hydrogen) atoms. The monoisotopic (exact) mass is 222 g/mol. The van der Waals surface area contributed by atoms with Crippen molar-refractivity contribution in [3.63, 3.8) is 0 Å². The third-order valence-electron chi connectivity index (χ3n) is 2.20. The molecule has 0 aliphatic carbocycles. The molecule has 0 unspecified atom stereocenters. The van der Waals surface area contributed by atoms with Crippen molar-refractivity contribution in [1.82, 2.24) is 0 Å². The van der Waals surface area contributed by atoms with Gasteiger partial charge in [0.15, 0.2) is 6.61 Å². The zero-order chi connectivity index (χ0) is 12.1. The number of aryl methyl sites for hydroxylation is 2. The second-order valence-corrected chi connectivity index (χ2v) is 4.07. The van der Waals surface area contributed by atoms with Crippen LogP contribution in [0.5, 0.6) is 5.75 Å². The molecule has 1 rings (SSSR count). The van der Waals surface area contributed by atoms with Gasteiger partial charge in [0.1, 0.15) is 5.75 Å². The first-order valence-electron chi connectivity index (χ1n) is 5.38. The minimum absolute atomic E-state index is 0.0410. The Morgan fingerprint density at radius 3 is 2.50 bits per heavy atom. The SMILES string of the molecule is Cc1ccc(OCC(=O)OC(C)C)cc1C. The second-order valence-electron chi connectivity index (χ2n) is 4.07. The summed E-state index contributed by atoms with van der Waals surface area (Å²) in [7, 11) is 0. The highest BCUT2D eigenvalue weighted by molar-refractivity contribution is 5.71. The van der Waals surface area contributed by atoms with Crippen molar-refractivity contribution in [3.05, 3.63) is 29.3 Å². The fourth-order valence-electron chi connectivity index (χ4n) is 1.24. The predicted molar refractivity (Wildman–Crippen MR) is 62.6 cm³/mol. The van der Waals surface area contributed by atoms with Crippen LogP contribution in [0, 0.1) is 13.8 Å². The van der Waals surface area contributed by atoms with E-state index in [2.05, 4.69) is 0 Å². The lowest BCUT2D eigenvalue weighted by Crippen LogP contribution is -2.18. The average Bonchev–Trinajstić information content (AvgIpc) is 2.19. The summed E-state index contributed by atoms with van der Waals surface area (Å²) in [4.78, 5) is 11.2. The summed E-state index contributed by atoms with van der Waals surface area (Å²) < 4.78 is 10.3. The zero-order valence-electron chi connectivity index (χ0n) is 10.2. The third kappa shape index (κ3) is 3.93. The molecule has 0 heterocycles. The van der Waals surface area contributed by atoms with Gasteiger partial charge in [-0.15, -0.1) is 0 Å². The van der Waals surface area contributed by atoms with E-state index in [1.807, 2.05) is 45.9 Å². The molecule has 0 saturated carbocycles. The van der Waals surface area contributed by atoms with Gasteiger partial charge < -0.3 is 9.47 Å². The van der Waals surface area contributed by atoms with E-state index >= 15 is 0 Å². The molecule has 0 aliphatic rings. The molecule has 0 amide bonds. The Bertz CT molecular complexity index is 369. The van der Waals surface area contributed by atoms with Gasteiger partial charge in [-0.3, -0.25) is 0 Å². The van der Waals surface area contributed by atoms with Crippen molar-refractivity contribution < 1.29 is 14.3 Å². The standard InChI is InChI=1S/C13H18O3/c1-9(2)16-13(14)8-15-12-6-5-10(3)11(4)7-12/h5-7,9H,8H2,1-4H3. The van der Waals surface area contributed by atoms with Crippen molar-refractivity contribution in [2.24, 2.45) is 0 Å². The number of rotatable bonds is 4. The highest BCUT2D eigenvalue weighted by Crippen LogP contribution is 2.16. The van der Waals surface area contributed by atoms with E-state index in [1.54, 1.807) is 0 Å². The molecule has 3 nitrogen and oxygen atoms in total. The summed E-state index contributed by atoms with van der Waals surface area (Å²) in [5, 5.41) is 0. The summed E-state index contributed by atoms with van der Waals surface area (Å²) in [6.07, 6.45) is -0.101. The first kappa shape index (κ1) is 12.6. The summed E-state index contributed by atoms with van der Waals surface area (Å²) >= 11 is 0. The first-order valence-corrected chi connectivity index (χ1v) is 5.38. The minimum Gasteiger partial charge on any atom is -0.482 e. The lowest BCUT2D eigenvalue weighted by molar-refractivity contribution is -0.149. The van der Waals surface area contributed by atoms with Crippen LogP contribution in [0.1, 0.15) is 25.0 Å². The van der Waals surface area contributed by atoms with Gasteiger partial charge in [-0.05, 0) is 51.0 Å². The Kier molecular flexibility index (Phi) is 4.35. The lowest BCUT2D eigenvalue weighted by atomic mass is 10.1. The van der Waals surface area contributed by atoms with E-state index in [4.69, 9.17) is 9.47 Å². The van der Waals surface area contributed by atoms with Crippen molar-refractivity contribution in [2.45, 2.75) is 33.8 Å². The smallest absolute Gasteiger partial charge is 0.344 e. The van der Waals surface area contributed by atoms with Crippen molar-refractivity contribution in [3.8, 4) is 5.75 Å². The highest BCUT2D eigenvalue weighted by atomic mass is 16.6. The molecule has 0 aliphatic heterocycles. The Balaban J connectivity index is 2.48. The van der Waals surface area contributed by atoms with Gasteiger partial charge in [0.25, 0.3) is 0 Å². The van der Waals surface area contributed by atoms with Crippen LogP contribution in [-0.4, -0.2) is 18.7 Å². The Labute approximate surface area is 96.4 Å². The molecule has 88 valence electrons. The van der Waals surface area contributed by atoms with Crippen LogP contribution < -0.4 is 4.74 Å². The Hall–Kier alpha value is -1.51. The maximum Gasteiger partial charge on any atom is 0.344 e. The quantitative estimate of drug-likeness (QED) is 0.735. The molecule has 0 bridgehead atoms. The van der Waals surface area contributed by atoms with Crippen LogP contribution in [0.25, 0.3) is 0 Å². The number of carbonyl (C=O) groups excluding carboxylic acids is 1. The summed E-state index contributed by atoms with van der Waals surface area (Å²) in [6, 6.07) is 5.74. The van der Waals surface area contributed by atoms with Gasteiger partial charge in [-0.2, -0.15) is 0 Å². The van der Waals surface area contributed by atoms with Gasteiger partial charge in [-0.1, -0.05) is 6.07 Å². The number of benzene rings is 1. The molecule has 3 heteroatoms. The minimum atomic E-state index is -0.340. The van der Waals surface area contributed by atoms with E-state index in [0.717, 1.165) is 5.56 Å². The van der Waals surface area contributed by atoms with Gasteiger partial charge in [0.2, 0.25) is 0 Å². The van der Waals surface area contributed by atoms with Crippen LogP contribution in [-0.2, 0) is 9.53 Å². The summed E-state index contributed by atoms with van der Waals surface area (Å²) in [5.74, 6) is 0.358. The van der Waals surface area contributed by atoms with Crippen LogP contribution in [0.15, 0.2) is 18.2 Å². The van der Waals surface area contributed by atoms with E-state index in [9.17, 15) is 4.79 Å². The maximum atomic E-state index is 11.2. The largest absolute Gasteiger partial charge is 0.482 e. The predicted octanol–water partition coefficient (Wildman–Crippen LogP) is 2.63. The number of esters is 1. The average molecular weight is 222 g/mol. The molecule has 0 N–H and O–H groups in total. The van der Waals surface area contributed by atoms with Crippen LogP contribution >= 0.6 is 0 Å². The van der Waals surface area contributed by atoms with Crippen LogP contribution in [0.3, 0.4) is 0 Å². The third-order valence-corrected chi connectivity index (χ3v) is 2.20. The van der Waals surface area contributed by atoms with Gasteiger partial charge >= 0.3 is 5.97 Å². The van der Waals surface area contributed by atoms with Crippen LogP contribution in [0.2, 0.25) is 0 Å². The topological polar surface area (TPSA) is 35.5 Å². The van der Waals surface area contributed by atoms with E-state index in [0.29, 0.717) is 5.75 Å². The summed E-state index contributed by atoms with van der Waals surface area (Å²) in [6.45, 7) is 7.63. The number of hydrogen-bond donors (Lipinski definition) is 0. The molecular weight excluding hydrogens is 204 g/mol. The molecule has 1 aromatic rings. The van der Waals surface area contributed by atoms with Gasteiger partial charge in [-0.25, -0.2) is 4.79 Å². The molecule has 0 saturated heterocycles. The zero-order valence-corrected chi connectivity index (χ0v) is 10.2. The highest BCUT2D eigenvalue weighted by Gasteiger charge is 2.06. The first-order chi connectivity index (χ1) is 7.49. The normalized spacial score (nSPS) is 10.3. The molecule has 0 spiro atoms. The fraction of sp³-hybridized carbons (Fsp3) is 0.462. The molecule has 1 aromatic carbocycles. The van der Waals surface area contributed by atoms with E-state index in [-0.39, 0.29) is 18.7 Å². The molecular formula is C13H18O3.